The molecule has 4 heteroatoms. The highest BCUT2D eigenvalue weighted by atomic mass is 16.5. The van der Waals surface area contributed by atoms with Crippen molar-refractivity contribution in [3.05, 3.63) is 17.0 Å². The first-order valence-electron chi connectivity index (χ1n) is 6.12. The van der Waals surface area contributed by atoms with Crippen LogP contribution >= 0.6 is 0 Å². The van der Waals surface area contributed by atoms with E-state index in [0.717, 1.165) is 50.5 Å². The molecule has 4 nitrogen and oxygen atoms in total. The lowest BCUT2D eigenvalue weighted by Gasteiger charge is -2.10. The minimum atomic E-state index is 0.490. The van der Waals surface area contributed by atoms with Gasteiger partial charge in [0.2, 0.25) is 0 Å². The van der Waals surface area contributed by atoms with Crippen molar-refractivity contribution in [1.82, 2.24) is 10.5 Å². The van der Waals surface area contributed by atoms with Crippen LogP contribution in [0.2, 0.25) is 0 Å². The Bertz CT molecular complexity index is 308. The highest BCUT2D eigenvalue weighted by Gasteiger charge is 2.18. The van der Waals surface area contributed by atoms with Crippen LogP contribution in [0.1, 0.15) is 37.3 Å². The molecule has 1 atom stereocenters. The summed E-state index contributed by atoms with van der Waals surface area (Å²) in [5.74, 6) is 1.02. The van der Waals surface area contributed by atoms with Crippen LogP contribution in [0.4, 0.5) is 0 Å². The fourth-order valence-electron chi connectivity index (χ4n) is 2.08. The molecule has 0 radical (unpaired) electrons. The van der Waals surface area contributed by atoms with E-state index >= 15 is 0 Å². The summed E-state index contributed by atoms with van der Waals surface area (Å²) in [5, 5.41) is 7.61. The molecule has 1 fully saturated rings. The number of rotatable bonds is 5. The second kappa shape index (κ2) is 5.46. The summed E-state index contributed by atoms with van der Waals surface area (Å²) in [6, 6.07) is 0.490. The molecule has 1 saturated heterocycles. The van der Waals surface area contributed by atoms with Gasteiger partial charge in [0.25, 0.3) is 0 Å². The molecule has 0 saturated carbocycles. The average Bonchev–Trinajstić information content (AvgIpc) is 2.94. The van der Waals surface area contributed by atoms with E-state index in [0.29, 0.717) is 6.04 Å². The van der Waals surface area contributed by atoms with Crippen molar-refractivity contribution in [1.29, 1.82) is 0 Å². The molecule has 90 valence electrons. The third-order valence-corrected chi connectivity index (χ3v) is 3.10. The van der Waals surface area contributed by atoms with Crippen molar-refractivity contribution in [3.63, 3.8) is 0 Å². The summed E-state index contributed by atoms with van der Waals surface area (Å²) >= 11 is 0. The first-order chi connectivity index (χ1) is 7.85. The van der Waals surface area contributed by atoms with Crippen molar-refractivity contribution < 1.29 is 9.26 Å². The van der Waals surface area contributed by atoms with E-state index < -0.39 is 0 Å². The molecule has 1 aliphatic heterocycles. The summed E-state index contributed by atoms with van der Waals surface area (Å²) < 4.78 is 10.7. The predicted octanol–water partition coefficient (Wildman–Crippen LogP) is 1.68. The second-order valence-electron chi connectivity index (χ2n) is 4.18. The van der Waals surface area contributed by atoms with Gasteiger partial charge in [0, 0.05) is 31.2 Å². The SMILES string of the molecule is CCc1noc(CC)c1CNC1CCOC1. The quantitative estimate of drug-likeness (QED) is 0.826. The molecular formula is C12H20N2O2. The predicted molar refractivity (Wildman–Crippen MR) is 61.3 cm³/mol. The van der Waals surface area contributed by atoms with E-state index in [-0.39, 0.29) is 0 Å². The monoisotopic (exact) mass is 224 g/mol. The lowest BCUT2D eigenvalue weighted by atomic mass is 10.1. The number of nitrogens with zero attached hydrogens (tertiary/aromatic N) is 1. The van der Waals surface area contributed by atoms with E-state index in [4.69, 9.17) is 9.26 Å². The van der Waals surface area contributed by atoms with E-state index in [1.54, 1.807) is 0 Å². The van der Waals surface area contributed by atoms with Crippen molar-refractivity contribution in [3.8, 4) is 0 Å². The van der Waals surface area contributed by atoms with Crippen LogP contribution in [0, 0.1) is 0 Å². The van der Waals surface area contributed by atoms with Crippen molar-refractivity contribution >= 4 is 0 Å². The zero-order valence-electron chi connectivity index (χ0n) is 10.1. The van der Waals surface area contributed by atoms with E-state index in [1.807, 2.05) is 0 Å². The standard InChI is InChI=1S/C12H20N2O2/c1-3-11-10(12(4-2)16-14-11)7-13-9-5-6-15-8-9/h9,13H,3-8H2,1-2H3. The molecule has 1 aromatic heterocycles. The number of hydrogen-bond acceptors (Lipinski definition) is 4. The topological polar surface area (TPSA) is 47.3 Å². The molecule has 16 heavy (non-hydrogen) atoms. The number of aryl methyl sites for hydroxylation is 2. The zero-order chi connectivity index (χ0) is 11.4. The molecule has 0 amide bonds. The van der Waals surface area contributed by atoms with Crippen LogP contribution in [0.25, 0.3) is 0 Å². The zero-order valence-corrected chi connectivity index (χ0v) is 10.1. The Morgan fingerprint density at radius 3 is 2.88 bits per heavy atom. The summed E-state index contributed by atoms with van der Waals surface area (Å²) in [5.41, 5.74) is 2.33. The van der Waals surface area contributed by atoms with Gasteiger partial charge >= 0.3 is 0 Å². The van der Waals surface area contributed by atoms with Gasteiger partial charge in [-0.3, -0.25) is 0 Å². The van der Waals surface area contributed by atoms with E-state index in [2.05, 4.69) is 24.3 Å². The summed E-state index contributed by atoms with van der Waals surface area (Å²) in [7, 11) is 0. The van der Waals surface area contributed by atoms with Crippen LogP contribution in [0.3, 0.4) is 0 Å². The lowest BCUT2D eigenvalue weighted by molar-refractivity contribution is 0.189. The average molecular weight is 224 g/mol. The number of hydrogen-bond donors (Lipinski definition) is 1. The summed E-state index contributed by atoms with van der Waals surface area (Å²) in [6.45, 7) is 6.77. The molecule has 1 aliphatic rings. The number of nitrogens with one attached hydrogen (secondary N) is 1. The first-order valence-corrected chi connectivity index (χ1v) is 6.12. The fourth-order valence-corrected chi connectivity index (χ4v) is 2.08. The minimum Gasteiger partial charge on any atom is -0.380 e. The van der Waals surface area contributed by atoms with Crippen molar-refractivity contribution in [2.75, 3.05) is 13.2 Å². The first kappa shape index (κ1) is 11.6. The van der Waals surface area contributed by atoms with Crippen molar-refractivity contribution in [2.45, 2.75) is 45.7 Å². The van der Waals surface area contributed by atoms with Gasteiger partial charge < -0.3 is 14.6 Å². The minimum absolute atomic E-state index is 0.490. The smallest absolute Gasteiger partial charge is 0.141 e. The van der Waals surface area contributed by atoms with Gasteiger partial charge in [-0.15, -0.1) is 0 Å². The summed E-state index contributed by atoms with van der Waals surface area (Å²) in [4.78, 5) is 0. The lowest BCUT2D eigenvalue weighted by Crippen LogP contribution is -2.29. The highest BCUT2D eigenvalue weighted by Crippen LogP contribution is 2.16. The fraction of sp³-hybridized carbons (Fsp3) is 0.750. The molecule has 0 aromatic carbocycles. The van der Waals surface area contributed by atoms with Gasteiger partial charge in [0.05, 0.1) is 12.3 Å². The van der Waals surface area contributed by atoms with Crippen LogP contribution in [0.15, 0.2) is 4.52 Å². The molecule has 0 spiro atoms. The third kappa shape index (κ3) is 2.44. The third-order valence-electron chi connectivity index (χ3n) is 3.10. The highest BCUT2D eigenvalue weighted by molar-refractivity contribution is 5.23. The largest absolute Gasteiger partial charge is 0.380 e. The maximum Gasteiger partial charge on any atom is 0.141 e. The van der Waals surface area contributed by atoms with Crippen LogP contribution in [0.5, 0.6) is 0 Å². The van der Waals surface area contributed by atoms with Crippen LogP contribution < -0.4 is 5.32 Å². The van der Waals surface area contributed by atoms with Gasteiger partial charge in [-0.05, 0) is 12.8 Å². The normalized spacial score (nSPS) is 20.5. The maximum atomic E-state index is 5.34. The van der Waals surface area contributed by atoms with Gasteiger partial charge in [-0.2, -0.15) is 0 Å². The van der Waals surface area contributed by atoms with E-state index in [9.17, 15) is 0 Å². The Labute approximate surface area is 96.3 Å². The Balaban J connectivity index is 1.98. The van der Waals surface area contributed by atoms with Crippen LogP contribution in [-0.4, -0.2) is 24.4 Å². The van der Waals surface area contributed by atoms with Gasteiger partial charge in [0.1, 0.15) is 5.76 Å². The molecule has 0 aliphatic carbocycles. The molecule has 0 bridgehead atoms. The molecule has 1 aromatic rings. The molecular weight excluding hydrogens is 204 g/mol. The van der Waals surface area contributed by atoms with Gasteiger partial charge in [-0.25, -0.2) is 0 Å². The van der Waals surface area contributed by atoms with Gasteiger partial charge in [-0.1, -0.05) is 19.0 Å². The molecule has 1 N–H and O–H groups in total. The Morgan fingerprint density at radius 2 is 2.25 bits per heavy atom. The Hall–Kier alpha value is -0.870. The van der Waals surface area contributed by atoms with Crippen molar-refractivity contribution in [2.24, 2.45) is 0 Å². The maximum absolute atomic E-state index is 5.34. The second-order valence-corrected chi connectivity index (χ2v) is 4.18. The van der Waals surface area contributed by atoms with E-state index in [1.165, 1.54) is 5.56 Å². The molecule has 1 unspecified atom stereocenters. The van der Waals surface area contributed by atoms with Crippen LogP contribution in [-0.2, 0) is 24.1 Å². The molecule has 2 heterocycles. The van der Waals surface area contributed by atoms with Gasteiger partial charge in [0.15, 0.2) is 0 Å². The number of aromatic nitrogens is 1. The summed E-state index contributed by atoms with van der Waals surface area (Å²) in [6.07, 6.45) is 2.95. The molecule has 2 rings (SSSR count). The Kier molecular flexibility index (Phi) is 3.96. The Morgan fingerprint density at radius 1 is 1.38 bits per heavy atom. The number of ether oxygens (including phenoxy) is 1.